The van der Waals surface area contributed by atoms with E-state index in [9.17, 15) is 22.8 Å². The molecule has 2 fully saturated rings. The molecule has 3 rings (SSSR count). The summed E-state index contributed by atoms with van der Waals surface area (Å²) in [4.78, 5) is 36.8. The van der Waals surface area contributed by atoms with E-state index < -0.39 is 40.2 Å². The molecule has 2 heterocycles. The van der Waals surface area contributed by atoms with Gasteiger partial charge < -0.3 is 16.0 Å². The number of β-lactam (4-membered cyclic amide) rings is 1. The molecule has 2 atom stereocenters. The number of nitrogens with two attached hydrogens (primary N) is 1. The summed E-state index contributed by atoms with van der Waals surface area (Å²) in [5.41, 5.74) is 5.54. The molecule has 0 unspecified atom stereocenters. The number of nitrogens with one attached hydrogen (secondary N) is 1. The second kappa shape index (κ2) is 5.46. The minimum atomic E-state index is -4.63. The molecule has 0 radical (unpaired) electrons. The zero-order valence-electron chi connectivity index (χ0n) is 12.2. The number of primary amides is 1. The molecule has 0 saturated carbocycles. The largest absolute Gasteiger partial charge is 0.366 e. The Morgan fingerprint density at radius 2 is 1.96 bits per heavy atom. The predicted octanol–water partition coefficient (Wildman–Crippen LogP) is -0.595. The van der Waals surface area contributed by atoms with Crippen LogP contribution in [0.3, 0.4) is 0 Å². The quantitative estimate of drug-likeness (QED) is 0.487. The van der Waals surface area contributed by atoms with Crippen molar-refractivity contribution in [2.45, 2.75) is 18.5 Å². The number of hydrogen-bond acceptors (Lipinski definition) is 5. The predicted molar refractivity (Wildman–Crippen MR) is 81.3 cm³/mol. The summed E-state index contributed by atoms with van der Waals surface area (Å²) in [5, 5.41) is 2.50. The number of para-hydroxylation sites is 1. The van der Waals surface area contributed by atoms with Crippen LogP contribution in [0.1, 0.15) is 16.8 Å². The first kappa shape index (κ1) is 16.2. The molecule has 1 aromatic rings. The van der Waals surface area contributed by atoms with E-state index in [2.05, 4.69) is 5.32 Å². The van der Waals surface area contributed by atoms with Gasteiger partial charge in [0.1, 0.15) is 6.04 Å². The van der Waals surface area contributed by atoms with Crippen molar-refractivity contribution in [1.82, 2.24) is 9.21 Å². The van der Waals surface area contributed by atoms with E-state index in [1.54, 1.807) is 12.1 Å². The lowest BCUT2D eigenvalue weighted by molar-refractivity contribution is -0.143. The Balaban J connectivity index is 1.77. The molecule has 1 aromatic carbocycles. The summed E-state index contributed by atoms with van der Waals surface area (Å²) in [6.07, 6.45) is 0.223. The van der Waals surface area contributed by atoms with E-state index in [4.69, 9.17) is 10.3 Å². The van der Waals surface area contributed by atoms with Gasteiger partial charge >= 0.3 is 16.3 Å². The third kappa shape index (κ3) is 2.47. The molecule has 4 N–H and O–H groups in total. The van der Waals surface area contributed by atoms with Crippen LogP contribution in [-0.2, 0) is 15.1 Å². The van der Waals surface area contributed by atoms with Crippen molar-refractivity contribution in [3.8, 4) is 0 Å². The summed E-state index contributed by atoms with van der Waals surface area (Å²) in [6, 6.07) is 3.74. The maximum atomic E-state index is 12.4. The highest BCUT2D eigenvalue weighted by Gasteiger charge is 2.60. The van der Waals surface area contributed by atoms with Crippen LogP contribution in [0.25, 0.3) is 0 Å². The zero-order chi connectivity index (χ0) is 17.6. The van der Waals surface area contributed by atoms with Gasteiger partial charge in [0.2, 0.25) is 0 Å². The Morgan fingerprint density at radius 1 is 1.29 bits per heavy atom. The van der Waals surface area contributed by atoms with Crippen molar-refractivity contribution >= 4 is 33.8 Å². The zero-order valence-corrected chi connectivity index (χ0v) is 13.1. The highest BCUT2D eigenvalue weighted by molar-refractivity contribution is 7.84. The Bertz CT molecular complexity index is 839. The number of likely N-dealkylation sites (tertiary alicyclic amines) is 1. The van der Waals surface area contributed by atoms with Crippen LogP contribution in [-0.4, -0.2) is 58.6 Å². The summed E-state index contributed by atoms with van der Waals surface area (Å²) in [7, 11) is -4.63. The number of urea groups is 1. The van der Waals surface area contributed by atoms with Crippen molar-refractivity contribution < 1.29 is 27.4 Å². The lowest BCUT2D eigenvalue weighted by Gasteiger charge is -2.42. The van der Waals surface area contributed by atoms with Gasteiger partial charge in [-0.3, -0.25) is 14.1 Å². The number of amides is 4. The highest BCUT2D eigenvalue weighted by atomic mass is 32.2. The Morgan fingerprint density at radius 3 is 2.58 bits per heavy atom. The van der Waals surface area contributed by atoms with Crippen molar-refractivity contribution in [1.29, 1.82) is 0 Å². The molecular weight excluding hydrogens is 340 g/mol. The van der Waals surface area contributed by atoms with E-state index in [-0.39, 0.29) is 24.2 Å². The lowest BCUT2D eigenvalue weighted by atomic mass is 10.0. The van der Waals surface area contributed by atoms with Gasteiger partial charge in [-0.25, -0.2) is 9.10 Å². The van der Waals surface area contributed by atoms with Crippen LogP contribution < -0.4 is 11.1 Å². The number of hydrogen-bond donors (Lipinski definition) is 3. The summed E-state index contributed by atoms with van der Waals surface area (Å²) in [6.45, 7) is 0.137. The highest BCUT2D eigenvalue weighted by Crippen LogP contribution is 2.35. The molecule has 0 aromatic heterocycles. The molecule has 10 nitrogen and oxygen atoms in total. The molecule has 0 aliphatic carbocycles. The van der Waals surface area contributed by atoms with Gasteiger partial charge in [0.15, 0.2) is 0 Å². The van der Waals surface area contributed by atoms with Gasteiger partial charge in [-0.2, -0.15) is 8.42 Å². The second-order valence-corrected chi connectivity index (χ2v) is 6.74. The van der Waals surface area contributed by atoms with Gasteiger partial charge in [0.25, 0.3) is 11.8 Å². The first-order valence-corrected chi connectivity index (χ1v) is 8.38. The van der Waals surface area contributed by atoms with E-state index in [1.807, 2.05) is 0 Å². The van der Waals surface area contributed by atoms with Gasteiger partial charge in [-0.15, -0.1) is 0 Å². The third-order valence-electron chi connectivity index (χ3n) is 4.08. The minimum Gasteiger partial charge on any atom is -0.366 e. The molecule has 2 aliphatic rings. The smallest absolute Gasteiger partial charge is 0.362 e. The van der Waals surface area contributed by atoms with Crippen molar-refractivity contribution in [2.24, 2.45) is 5.73 Å². The molecule has 0 spiro atoms. The van der Waals surface area contributed by atoms with E-state index in [0.717, 1.165) is 0 Å². The monoisotopic (exact) mass is 354 g/mol. The number of fused-ring (bicyclic) bond motifs is 1. The molecule has 2 aliphatic heterocycles. The number of carbonyl (C=O) groups excluding carboxylic acids is 3. The normalized spacial score (nSPS) is 22.8. The van der Waals surface area contributed by atoms with Crippen LogP contribution in [0, 0.1) is 0 Å². The minimum absolute atomic E-state index is 0.112. The number of nitrogens with zero attached hydrogens (tertiary/aromatic N) is 2. The summed E-state index contributed by atoms with van der Waals surface area (Å²) in [5.74, 6) is -1.58. The van der Waals surface area contributed by atoms with Gasteiger partial charge in [-0.1, -0.05) is 12.1 Å². The number of anilines is 1. The van der Waals surface area contributed by atoms with Gasteiger partial charge in [0.05, 0.1) is 17.3 Å². The Kier molecular flexibility index (Phi) is 3.68. The topological polar surface area (TPSA) is 150 Å². The first-order chi connectivity index (χ1) is 11.2. The second-order valence-electron chi connectivity index (χ2n) is 5.45. The van der Waals surface area contributed by atoms with Crippen LogP contribution in [0.4, 0.5) is 10.5 Å². The standard InChI is InChI=1S/C13H14N4O6S/c14-11(18)7-3-1-2-4-8(7)15-13(20)16-6-5-9-10(16)12(19)17(9)24(21,22)23/h1-4,9-10H,5-6H2,(H2,14,18)(H,15,20)(H,21,22,23)/t9-,10+/m1/s1. The molecule has 128 valence electrons. The van der Waals surface area contributed by atoms with E-state index in [1.165, 1.54) is 17.0 Å². The van der Waals surface area contributed by atoms with Crippen molar-refractivity contribution in [2.75, 3.05) is 11.9 Å². The van der Waals surface area contributed by atoms with Crippen molar-refractivity contribution in [3.05, 3.63) is 29.8 Å². The lowest BCUT2D eigenvalue weighted by Crippen LogP contribution is -2.68. The fourth-order valence-corrected chi connectivity index (χ4v) is 3.94. The molecule has 24 heavy (non-hydrogen) atoms. The van der Waals surface area contributed by atoms with Crippen LogP contribution in [0.2, 0.25) is 0 Å². The van der Waals surface area contributed by atoms with E-state index in [0.29, 0.717) is 4.31 Å². The molecule has 2 saturated heterocycles. The van der Waals surface area contributed by atoms with Gasteiger partial charge in [-0.05, 0) is 18.6 Å². The molecule has 4 amide bonds. The maximum absolute atomic E-state index is 12.4. The fourth-order valence-electron chi connectivity index (χ4n) is 3.04. The van der Waals surface area contributed by atoms with Crippen LogP contribution in [0.5, 0.6) is 0 Å². The molecular formula is C13H14N4O6S. The fraction of sp³-hybridized carbons (Fsp3) is 0.308. The average Bonchev–Trinajstić information content (AvgIpc) is 2.84. The molecule has 0 bridgehead atoms. The van der Waals surface area contributed by atoms with E-state index >= 15 is 0 Å². The Hall–Kier alpha value is -2.66. The SMILES string of the molecule is NC(=O)c1ccccc1NC(=O)N1CC[C@@H]2[C@H]1C(=O)N2S(=O)(=O)O. The number of carbonyl (C=O) groups is 3. The van der Waals surface area contributed by atoms with Crippen molar-refractivity contribution in [3.63, 3.8) is 0 Å². The first-order valence-electron chi connectivity index (χ1n) is 6.99. The Labute approximate surface area is 137 Å². The maximum Gasteiger partial charge on any atom is 0.362 e. The van der Waals surface area contributed by atoms with Crippen LogP contribution in [0.15, 0.2) is 24.3 Å². The summed E-state index contributed by atoms with van der Waals surface area (Å²) >= 11 is 0. The number of benzene rings is 1. The molecule has 11 heteroatoms. The summed E-state index contributed by atoms with van der Waals surface area (Å²) < 4.78 is 31.7. The number of rotatable bonds is 3. The third-order valence-corrected chi connectivity index (χ3v) is 5.03. The average molecular weight is 354 g/mol. The van der Waals surface area contributed by atoms with Gasteiger partial charge in [0, 0.05) is 6.54 Å². The van der Waals surface area contributed by atoms with Crippen LogP contribution >= 0.6 is 0 Å².